The van der Waals surface area contributed by atoms with Gasteiger partial charge in [0.05, 0.1) is 17.7 Å². The second-order valence-electron chi connectivity index (χ2n) is 13.0. The van der Waals surface area contributed by atoms with E-state index < -0.39 is 43.6 Å². The number of amides is 1. The van der Waals surface area contributed by atoms with Crippen LogP contribution in [0.5, 0.6) is 0 Å². The van der Waals surface area contributed by atoms with Gasteiger partial charge in [-0.15, -0.1) is 0 Å². The summed E-state index contributed by atoms with van der Waals surface area (Å²) in [4.78, 5) is 15.3. The minimum absolute atomic E-state index is 0. The second kappa shape index (κ2) is 19.5. The van der Waals surface area contributed by atoms with Gasteiger partial charge in [-0.25, -0.2) is 0 Å². The Morgan fingerprint density at radius 2 is 0.964 bits per heavy atom. The van der Waals surface area contributed by atoms with Crippen molar-refractivity contribution < 1.29 is 77.4 Å². The van der Waals surface area contributed by atoms with Crippen LogP contribution >= 0.6 is 0 Å². The Morgan fingerprint density at radius 3 is 1.27 bits per heavy atom. The van der Waals surface area contributed by atoms with Gasteiger partial charge in [-0.3, -0.25) is 14.6 Å². The van der Waals surface area contributed by atoms with E-state index >= 15 is 0 Å². The quantitative estimate of drug-likeness (QED) is 0.0518. The van der Waals surface area contributed by atoms with Gasteiger partial charge in [-0.05, 0) is 66.9 Å². The summed E-state index contributed by atoms with van der Waals surface area (Å²) in [6, 6.07) is 19.7. The van der Waals surface area contributed by atoms with Crippen molar-refractivity contribution in [3.05, 3.63) is 124 Å². The van der Waals surface area contributed by atoms with E-state index in [4.69, 9.17) is 5.73 Å². The Hall–Kier alpha value is -3.83. The Morgan fingerprint density at radius 1 is 0.607 bits per heavy atom. The molecule has 0 aromatic heterocycles. The smallest absolute Gasteiger partial charge is 0.488 e. The molecule has 5 rings (SSSR count). The van der Waals surface area contributed by atoms with E-state index in [2.05, 4.69) is 0 Å². The molecule has 0 unspecified atom stereocenters. The van der Waals surface area contributed by atoms with Crippen LogP contribution in [-0.4, -0.2) is 74.8 Å². The summed E-state index contributed by atoms with van der Waals surface area (Å²) in [7, 11) is -4.12. The molecule has 0 heterocycles. The largest absolute Gasteiger partial charge is 0.693 e. The van der Waals surface area contributed by atoms with Gasteiger partial charge in [0, 0.05) is 66.8 Å². The summed E-state index contributed by atoms with van der Waals surface area (Å²) < 4.78 is 82.2. The second-order valence-corrected chi connectivity index (χ2v) is 13.0. The number of benzene rings is 5. The minimum atomic E-state index is -4.71. The van der Waals surface area contributed by atoms with Crippen molar-refractivity contribution in [2.45, 2.75) is 45.0 Å². The first-order valence-electron chi connectivity index (χ1n) is 16.8. The van der Waals surface area contributed by atoms with Gasteiger partial charge in [-0.1, -0.05) is 72.8 Å². The van der Waals surface area contributed by atoms with Gasteiger partial charge in [0.15, 0.2) is 0 Å². The molecule has 0 saturated heterocycles. The van der Waals surface area contributed by atoms with Crippen LogP contribution in [-0.2, 0) is 64.4 Å². The Bertz CT molecular complexity index is 2070. The molecule has 0 bridgehead atoms. The monoisotopic (exact) mass is 955 g/mol. The molecular weight excluding hydrogens is 916 g/mol. The van der Waals surface area contributed by atoms with Crippen molar-refractivity contribution >= 4 is 52.6 Å². The van der Waals surface area contributed by atoms with Crippen molar-refractivity contribution in [2.75, 3.05) is 19.7 Å². The zero-order valence-electron chi connectivity index (χ0n) is 29.8. The van der Waals surface area contributed by atoms with Crippen LogP contribution in [0, 0.1) is 0 Å². The number of alkyl halides is 6. The Kier molecular flexibility index (Phi) is 16.2. The third kappa shape index (κ3) is 11.2. The molecule has 0 spiro atoms. The van der Waals surface area contributed by atoms with Crippen molar-refractivity contribution in [3.8, 4) is 0 Å². The fraction of sp³-hybridized carbons (Fsp3) is 0.270. The molecule has 19 heteroatoms. The van der Waals surface area contributed by atoms with Crippen molar-refractivity contribution in [1.82, 2.24) is 9.80 Å². The van der Waals surface area contributed by atoms with Crippen molar-refractivity contribution in [2.24, 2.45) is 5.73 Å². The first kappa shape index (κ1) is 46.5. The number of halogens is 6. The topological polar surface area (TPSA) is 184 Å². The molecule has 10 nitrogen and oxygen atoms in total. The fourth-order valence-corrected chi connectivity index (χ4v) is 6.76. The Labute approximate surface area is 333 Å². The van der Waals surface area contributed by atoms with Crippen LogP contribution in [0.15, 0.2) is 84.9 Å². The summed E-state index contributed by atoms with van der Waals surface area (Å²) in [6.45, 7) is -0.553. The van der Waals surface area contributed by atoms with Crippen LogP contribution in [0.1, 0.15) is 39.8 Å². The first-order chi connectivity index (χ1) is 25.5. The van der Waals surface area contributed by atoms with E-state index in [0.717, 1.165) is 69.1 Å². The average Bonchev–Trinajstić information content (AvgIpc) is 3.10. The normalized spacial score (nSPS) is 11.9. The van der Waals surface area contributed by atoms with E-state index in [1.165, 1.54) is 0 Å². The summed E-state index contributed by atoms with van der Waals surface area (Å²) >= 11 is 0. The predicted molar refractivity (Wildman–Crippen MR) is 198 cm³/mol. The molecule has 0 fully saturated rings. The van der Waals surface area contributed by atoms with Crippen molar-refractivity contribution in [3.63, 3.8) is 0 Å². The number of rotatable bonds is 15. The molecule has 0 atom stereocenters. The number of aliphatic hydroxyl groups is 1. The van der Waals surface area contributed by atoms with E-state index in [1.807, 2.05) is 24.3 Å². The molecule has 0 radical (unpaired) electrons. The van der Waals surface area contributed by atoms with Crippen LogP contribution in [0.2, 0.25) is 0 Å². The third-order valence-corrected chi connectivity index (χ3v) is 9.29. The maximum absolute atomic E-state index is 13.7. The first-order valence-corrected chi connectivity index (χ1v) is 16.8. The molecule has 5 aromatic carbocycles. The molecule has 298 valence electrons. The maximum Gasteiger partial charge on any atom is 0.488 e. The van der Waals surface area contributed by atoms with E-state index in [-0.39, 0.29) is 102 Å². The van der Waals surface area contributed by atoms with Gasteiger partial charge in [0.1, 0.15) is 0 Å². The van der Waals surface area contributed by atoms with Gasteiger partial charge < -0.3 is 37.1 Å². The van der Waals surface area contributed by atoms with Crippen LogP contribution < -0.4 is 16.7 Å². The van der Waals surface area contributed by atoms with E-state index in [1.54, 1.807) is 34.1 Å². The number of primary amides is 1. The molecule has 0 aliphatic heterocycles. The van der Waals surface area contributed by atoms with Gasteiger partial charge in [-0.2, -0.15) is 26.3 Å². The molecule has 1 amide bonds. The Balaban J connectivity index is 0.00000420. The molecule has 56 heavy (non-hydrogen) atoms. The zero-order valence-corrected chi connectivity index (χ0v) is 32.7. The number of aliphatic hydroxyl groups excluding tert-OH is 1. The molecule has 0 aliphatic rings. The SMILES string of the molecule is NC(=O)CCN(Cc1cc(C(F)(F)F)ccc1B(O)O)Cc1c2ccccc2c(CN(CCO)Cc2cc(C(F)(F)F)ccc2B(O)O)c2ccccc12.[NH2-].[W]. The van der Waals surface area contributed by atoms with Crippen LogP contribution in [0.25, 0.3) is 27.7 Å². The summed E-state index contributed by atoms with van der Waals surface area (Å²) in [6.07, 6.45) is -9.55. The fourth-order valence-electron chi connectivity index (χ4n) is 6.76. The van der Waals surface area contributed by atoms with Gasteiger partial charge >= 0.3 is 26.6 Å². The maximum atomic E-state index is 13.7. The number of fused-ring (bicyclic) bond motifs is 2. The molecule has 0 aliphatic carbocycles. The average molecular weight is 955 g/mol. The van der Waals surface area contributed by atoms with E-state index in [9.17, 15) is 56.3 Å². The molecule has 0 saturated carbocycles. The zero-order chi connectivity index (χ0) is 39.4. The third-order valence-electron chi connectivity index (χ3n) is 9.29. The molecular formula is C37H39B2F6N4O6W-. The summed E-state index contributed by atoms with van der Waals surface area (Å²) in [5.41, 5.74) is 4.70. The predicted octanol–water partition coefficient (Wildman–Crippen LogP) is 3.98. The summed E-state index contributed by atoms with van der Waals surface area (Å²) in [5, 5.41) is 52.9. The van der Waals surface area contributed by atoms with Gasteiger partial charge in [0.2, 0.25) is 5.91 Å². The van der Waals surface area contributed by atoms with Crippen LogP contribution in [0.3, 0.4) is 0 Å². The van der Waals surface area contributed by atoms with Crippen molar-refractivity contribution in [1.29, 1.82) is 0 Å². The van der Waals surface area contributed by atoms with E-state index in [0.29, 0.717) is 0 Å². The number of nitrogens with zero attached hydrogens (tertiary/aromatic N) is 2. The number of hydrogen-bond donors (Lipinski definition) is 6. The molecule has 5 aromatic rings. The van der Waals surface area contributed by atoms with Gasteiger partial charge in [0.25, 0.3) is 0 Å². The number of hydrogen-bond acceptors (Lipinski definition) is 8. The number of carbonyl (C=O) groups is 1. The molecule has 9 N–H and O–H groups in total. The number of carbonyl (C=O) groups excluding carboxylic acids is 1. The van der Waals surface area contributed by atoms with Crippen LogP contribution in [0.4, 0.5) is 26.3 Å². The summed E-state index contributed by atoms with van der Waals surface area (Å²) in [5.74, 6) is -0.654. The standard InChI is InChI=1S/C37H37B2F6N3O6.H2N.W/c40-36(41,42)25-9-11-33(38(51)52)23(17-25)19-47(14-13-35(46)50)21-31-27-5-1-3-7-29(27)32(30-8-4-2-6-28(30)31)22-48(15-16-49)20-24-18-26(37(43,44)45)10-12-34(24)39(53)54;;/h1-12,17-18,49,51-54H,13-16,19-22H2,(H2,46,50);1H2;/q;-1;. The minimum Gasteiger partial charge on any atom is -0.693 e. The number of nitrogens with two attached hydrogens (primary N) is 2.